The highest BCUT2D eigenvalue weighted by Crippen LogP contribution is 2.78. The summed E-state index contributed by atoms with van der Waals surface area (Å²) in [6.07, 6.45) is 0. The van der Waals surface area contributed by atoms with Crippen molar-refractivity contribution in [2.45, 2.75) is 18.8 Å². The molecule has 1 fully saturated rings. The van der Waals surface area contributed by atoms with Crippen LogP contribution in [0.3, 0.4) is 0 Å². The maximum absolute atomic E-state index is 9.95. The van der Waals surface area contributed by atoms with E-state index in [0.717, 1.165) is 11.3 Å². The summed E-state index contributed by atoms with van der Waals surface area (Å²) < 4.78 is 16.4. The lowest BCUT2D eigenvalue weighted by molar-refractivity contribution is -0.687. The Morgan fingerprint density at radius 1 is 1.17 bits per heavy atom. The van der Waals surface area contributed by atoms with Crippen molar-refractivity contribution in [2.75, 3.05) is 20.8 Å². The van der Waals surface area contributed by atoms with Crippen molar-refractivity contribution < 1.29 is 19.2 Å². The number of nitrogens with two attached hydrogens (primary N) is 1. The van der Waals surface area contributed by atoms with E-state index in [9.17, 15) is 10.5 Å². The monoisotopic (exact) mass is 327 g/mol. The molecular formula is C17H19N4O3+. The van der Waals surface area contributed by atoms with Crippen molar-refractivity contribution in [1.82, 2.24) is 0 Å². The van der Waals surface area contributed by atoms with Gasteiger partial charge in [0.25, 0.3) is 5.84 Å². The maximum Gasteiger partial charge on any atom is 0.342 e. The second-order valence-corrected chi connectivity index (χ2v) is 5.84. The molecule has 0 amide bonds. The predicted octanol–water partition coefficient (Wildman–Crippen LogP) is -0.400. The summed E-state index contributed by atoms with van der Waals surface area (Å²) in [4.78, 5) is 2.86. The molecule has 124 valence electrons. The van der Waals surface area contributed by atoms with E-state index in [4.69, 9.17) is 19.9 Å². The molecule has 7 heteroatoms. The van der Waals surface area contributed by atoms with E-state index < -0.39 is 22.7 Å². The fourth-order valence-corrected chi connectivity index (χ4v) is 4.04. The van der Waals surface area contributed by atoms with Crippen LogP contribution in [0.1, 0.15) is 18.4 Å². The third kappa shape index (κ3) is 1.53. The normalized spacial score (nSPS) is 32.2. The first-order chi connectivity index (χ1) is 11.5. The van der Waals surface area contributed by atoms with Gasteiger partial charge in [-0.3, -0.25) is 5.73 Å². The van der Waals surface area contributed by atoms with Gasteiger partial charge >= 0.3 is 5.91 Å². The molecule has 1 heterocycles. The van der Waals surface area contributed by atoms with E-state index in [1.807, 2.05) is 31.2 Å². The first kappa shape index (κ1) is 16.3. The summed E-state index contributed by atoms with van der Waals surface area (Å²) in [5.74, 6) is -1.01. The highest BCUT2D eigenvalue weighted by atomic mass is 16.7. The zero-order valence-electron chi connectivity index (χ0n) is 13.8. The first-order valence-corrected chi connectivity index (χ1v) is 7.60. The molecule has 1 aliphatic heterocycles. The molecule has 2 aliphatic rings. The molecule has 0 radical (unpaired) electrons. The fraction of sp³-hybridized carbons (Fsp3) is 0.471. The molecule has 1 aliphatic carbocycles. The van der Waals surface area contributed by atoms with Crippen LogP contribution >= 0.6 is 0 Å². The number of fused-ring (bicyclic) bond motifs is 1. The molecule has 0 spiro atoms. The van der Waals surface area contributed by atoms with Crippen LogP contribution in [0.15, 0.2) is 24.3 Å². The Bertz CT molecular complexity index is 773. The van der Waals surface area contributed by atoms with E-state index in [1.165, 1.54) is 14.2 Å². The smallest absolute Gasteiger partial charge is 0.342 e. The molecular weight excluding hydrogens is 308 g/mol. The van der Waals surface area contributed by atoms with E-state index >= 15 is 0 Å². The Hall–Kier alpha value is -2.61. The second kappa shape index (κ2) is 5.20. The number of methoxy groups -OCH3 is 2. The Morgan fingerprint density at radius 2 is 1.79 bits per heavy atom. The summed E-state index contributed by atoms with van der Waals surface area (Å²) in [5.41, 5.74) is 4.44. The van der Waals surface area contributed by atoms with Crippen LogP contribution in [0, 0.1) is 33.5 Å². The number of benzene rings is 1. The summed E-state index contributed by atoms with van der Waals surface area (Å²) in [6, 6.07) is 11.8. The van der Waals surface area contributed by atoms with Crippen molar-refractivity contribution in [3.05, 3.63) is 29.8 Å². The quantitative estimate of drug-likeness (QED) is 0.711. The molecule has 1 aromatic carbocycles. The van der Waals surface area contributed by atoms with Gasteiger partial charge in [0.15, 0.2) is 10.8 Å². The third-order valence-corrected chi connectivity index (χ3v) is 5.10. The van der Waals surface area contributed by atoms with Crippen molar-refractivity contribution in [2.24, 2.45) is 16.6 Å². The lowest BCUT2D eigenvalue weighted by atomic mass is 9.93. The van der Waals surface area contributed by atoms with Crippen molar-refractivity contribution in [1.29, 1.82) is 10.5 Å². The van der Waals surface area contributed by atoms with Crippen LogP contribution in [0.2, 0.25) is 0 Å². The molecule has 7 nitrogen and oxygen atoms in total. The van der Waals surface area contributed by atoms with Crippen molar-refractivity contribution >= 4 is 5.84 Å². The molecule has 3 N–H and O–H groups in total. The molecule has 1 aromatic rings. The standard InChI is InChI=1S/C17H18N4O3/c1-4-24-12-7-5-11(6-8-12)13-15(9-18)14(20)21-17(22-2,23-3)16(13,15)10-19/h5-8,13H,4H2,1-3H3,(H2,20,21)/p+1. The van der Waals surface area contributed by atoms with Gasteiger partial charge < -0.3 is 14.2 Å². The van der Waals surface area contributed by atoms with Crippen LogP contribution in [-0.2, 0) is 9.47 Å². The van der Waals surface area contributed by atoms with Crippen LogP contribution in [0.5, 0.6) is 5.75 Å². The number of nitrogens with zero attached hydrogens (tertiary/aromatic N) is 2. The van der Waals surface area contributed by atoms with E-state index in [1.54, 1.807) is 0 Å². The van der Waals surface area contributed by atoms with Crippen molar-refractivity contribution in [3.63, 3.8) is 0 Å². The van der Waals surface area contributed by atoms with Crippen LogP contribution in [0.25, 0.3) is 0 Å². The lowest BCUT2D eigenvalue weighted by Crippen LogP contribution is -2.90. The fourth-order valence-electron chi connectivity index (χ4n) is 4.04. The highest BCUT2D eigenvalue weighted by molar-refractivity contribution is 5.95. The molecule has 24 heavy (non-hydrogen) atoms. The average molecular weight is 327 g/mol. The van der Waals surface area contributed by atoms with E-state index in [-0.39, 0.29) is 5.84 Å². The number of ether oxygens (including phenoxy) is 3. The van der Waals surface area contributed by atoms with Crippen LogP contribution in [-0.4, -0.2) is 32.6 Å². The molecule has 1 saturated carbocycles. The molecule has 0 saturated heterocycles. The van der Waals surface area contributed by atoms with Gasteiger partial charge in [0.2, 0.25) is 0 Å². The molecule has 3 rings (SSSR count). The SMILES string of the molecule is CCOc1ccc(C2C3(C#N)C(N)=[NH+]C(OC)(OC)C23C#N)cc1. The summed E-state index contributed by atoms with van der Waals surface area (Å²) in [5, 5.41) is 19.8. The van der Waals surface area contributed by atoms with E-state index in [0.29, 0.717) is 6.61 Å². The first-order valence-electron chi connectivity index (χ1n) is 7.60. The van der Waals surface area contributed by atoms with Crippen molar-refractivity contribution in [3.8, 4) is 17.9 Å². The van der Waals surface area contributed by atoms with Gasteiger partial charge in [-0.05, 0) is 24.6 Å². The highest BCUT2D eigenvalue weighted by Gasteiger charge is 2.96. The van der Waals surface area contributed by atoms with Gasteiger partial charge in [-0.25, -0.2) is 4.99 Å². The van der Waals surface area contributed by atoms with Crippen LogP contribution in [0.4, 0.5) is 0 Å². The van der Waals surface area contributed by atoms with Crippen LogP contribution < -0.4 is 15.5 Å². The average Bonchev–Trinajstić information content (AvgIpc) is 3.18. The predicted molar refractivity (Wildman–Crippen MR) is 83.4 cm³/mol. The minimum absolute atomic E-state index is 0.189. The Labute approximate surface area is 140 Å². The lowest BCUT2D eigenvalue weighted by Gasteiger charge is -2.26. The molecule has 0 bridgehead atoms. The molecule has 0 aromatic heterocycles. The third-order valence-electron chi connectivity index (χ3n) is 5.10. The van der Waals surface area contributed by atoms with Gasteiger partial charge in [0, 0.05) is 20.1 Å². The maximum atomic E-state index is 9.95. The summed E-state index contributed by atoms with van der Waals surface area (Å²) >= 11 is 0. The number of hydrogen-bond acceptors (Lipinski definition) is 6. The zero-order chi connectivity index (χ0) is 17.6. The minimum atomic E-state index is -1.47. The van der Waals surface area contributed by atoms with E-state index in [2.05, 4.69) is 17.1 Å². The number of nitrogens with one attached hydrogen (secondary N) is 1. The zero-order valence-corrected chi connectivity index (χ0v) is 13.8. The topological polar surface area (TPSA) is 115 Å². The van der Waals surface area contributed by atoms with Gasteiger partial charge in [0.05, 0.1) is 18.7 Å². The Morgan fingerprint density at radius 3 is 2.25 bits per heavy atom. The Balaban J connectivity index is 2.12. The number of hydrogen-bond donors (Lipinski definition) is 2. The van der Waals surface area contributed by atoms with Gasteiger partial charge in [0.1, 0.15) is 5.75 Å². The summed E-state index contributed by atoms with van der Waals surface area (Å²) in [6.45, 7) is 2.47. The number of rotatable bonds is 5. The minimum Gasteiger partial charge on any atom is -0.494 e. The summed E-state index contributed by atoms with van der Waals surface area (Å²) in [7, 11) is 2.84. The number of nitriles is 2. The molecule has 3 atom stereocenters. The number of amidine groups is 1. The van der Waals surface area contributed by atoms with Gasteiger partial charge in [-0.15, -0.1) is 0 Å². The Kier molecular flexibility index (Phi) is 3.52. The molecule has 3 unspecified atom stereocenters. The second-order valence-electron chi connectivity index (χ2n) is 5.84. The van der Waals surface area contributed by atoms with Gasteiger partial charge in [-0.1, -0.05) is 12.1 Å². The van der Waals surface area contributed by atoms with Gasteiger partial charge in [-0.2, -0.15) is 10.5 Å². The largest absolute Gasteiger partial charge is 0.494 e.